The summed E-state index contributed by atoms with van der Waals surface area (Å²) < 4.78 is 13.6. The zero-order valence-electron chi connectivity index (χ0n) is 12.9. The maximum absolute atomic E-state index is 13.6. The molecule has 5 heteroatoms. The van der Waals surface area contributed by atoms with Gasteiger partial charge in [0.15, 0.2) is 0 Å². The number of nitrogens with zero attached hydrogens (tertiary/aromatic N) is 1. The summed E-state index contributed by atoms with van der Waals surface area (Å²) in [5, 5.41) is 0. The molecule has 0 bridgehead atoms. The summed E-state index contributed by atoms with van der Waals surface area (Å²) in [7, 11) is 0. The molecule has 0 aromatic heterocycles. The average molecular weight is 327 g/mol. The van der Waals surface area contributed by atoms with E-state index in [2.05, 4.69) is 6.92 Å². The fraction of sp³-hybridized carbons (Fsp3) is 0.588. The normalized spacial score (nSPS) is 26.2. The van der Waals surface area contributed by atoms with Crippen molar-refractivity contribution in [3.8, 4) is 0 Å². The van der Waals surface area contributed by atoms with E-state index in [4.69, 9.17) is 5.73 Å². The number of likely N-dealkylation sites (tertiary alicyclic amines) is 1. The minimum absolute atomic E-state index is 0. The first-order valence-corrected chi connectivity index (χ1v) is 7.84. The molecule has 3 nitrogen and oxygen atoms in total. The van der Waals surface area contributed by atoms with Crippen molar-refractivity contribution in [3.63, 3.8) is 0 Å². The number of benzene rings is 1. The Balaban J connectivity index is 0.00000176. The van der Waals surface area contributed by atoms with E-state index in [1.54, 1.807) is 6.07 Å². The topological polar surface area (TPSA) is 46.3 Å². The van der Waals surface area contributed by atoms with Crippen molar-refractivity contribution in [2.45, 2.75) is 44.1 Å². The summed E-state index contributed by atoms with van der Waals surface area (Å²) in [6.07, 6.45) is 3.66. The van der Waals surface area contributed by atoms with E-state index in [1.807, 2.05) is 11.0 Å². The molecule has 0 radical (unpaired) electrons. The Morgan fingerprint density at radius 1 is 1.45 bits per heavy atom. The van der Waals surface area contributed by atoms with Crippen LogP contribution in [0.2, 0.25) is 0 Å². The molecule has 2 aliphatic rings. The Morgan fingerprint density at radius 2 is 2.18 bits per heavy atom. The summed E-state index contributed by atoms with van der Waals surface area (Å²) in [5.41, 5.74) is 6.09. The summed E-state index contributed by atoms with van der Waals surface area (Å²) in [6.45, 7) is 3.46. The molecule has 3 rings (SSSR count). The van der Waals surface area contributed by atoms with Crippen LogP contribution in [-0.4, -0.2) is 29.9 Å². The number of carbonyl (C=O) groups is 1. The highest BCUT2D eigenvalue weighted by Crippen LogP contribution is 2.46. The van der Waals surface area contributed by atoms with Gasteiger partial charge < -0.3 is 10.6 Å². The predicted molar refractivity (Wildman–Crippen MR) is 87.5 cm³/mol. The monoisotopic (exact) mass is 326 g/mol. The molecule has 122 valence electrons. The van der Waals surface area contributed by atoms with E-state index in [0.29, 0.717) is 12.5 Å². The summed E-state index contributed by atoms with van der Waals surface area (Å²) in [5.74, 6) is 0.303. The zero-order valence-corrected chi connectivity index (χ0v) is 13.7. The Morgan fingerprint density at radius 3 is 2.68 bits per heavy atom. The van der Waals surface area contributed by atoms with Crippen LogP contribution in [0.3, 0.4) is 0 Å². The van der Waals surface area contributed by atoms with E-state index in [9.17, 15) is 9.18 Å². The molecule has 1 aliphatic carbocycles. The fourth-order valence-corrected chi connectivity index (χ4v) is 3.81. The SMILES string of the molecule is CC1CC(CN)CN1C(=O)C1(c2cccc(F)c2)CCC1.Cl. The first-order valence-electron chi connectivity index (χ1n) is 7.84. The third-order valence-electron chi connectivity index (χ3n) is 5.25. The van der Waals surface area contributed by atoms with Crippen LogP contribution in [-0.2, 0) is 10.2 Å². The van der Waals surface area contributed by atoms with E-state index < -0.39 is 5.41 Å². The summed E-state index contributed by atoms with van der Waals surface area (Å²) >= 11 is 0. The minimum Gasteiger partial charge on any atom is -0.339 e. The van der Waals surface area contributed by atoms with Gasteiger partial charge in [0.1, 0.15) is 5.82 Å². The molecular formula is C17H24ClFN2O. The zero-order chi connectivity index (χ0) is 15.0. The maximum atomic E-state index is 13.6. The minimum atomic E-state index is -0.500. The van der Waals surface area contributed by atoms with Crippen LogP contribution in [0, 0.1) is 11.7 Å². The number of nitrogens with two attached hydrogens (primary N) is 1. The van der Waals surface area contributed by atoms with Crippen molar-refractivity contribution < 1.29 is 9.18 Å². The highest BCUT2D eigenvalue weighted by Gasteiger charge is 2.49. The third-order valence-corrected chi connectivity index (χ3v) is 5.25. The van der Waals surface area contributed by atoms with Gasteiger partial charge in [-0.15, -0.1) is 12.4 Å². The van der Waals surface area contributed by atoms with Crippen LogP contribution in [0.1, 0.15) is 38.2 Å². The molecule has 2 fully saturated rings. The molecule has 2 N–H and O–H groups in total. The van der Waals surface area contributed by atoms with E-state index in [0.717, 1.165) is 37.8 Å². The Labute approximate surface area is 137 Å². The first-order chi connectivity index (χ1) is 10.1. The number of hydrogen-bond acceptors (Lipinski definition) is 2. The van der Waals surface area contributed by atoms with Gasteiger partial charge in [-0.25, -0.2) is 4.39 Å². The lowest BCUT2D eigenvalue weighted by Gasteiger charge is -2.44. The van der Waals surface area contributed by atoms with Gasteiger partial charge in [0.05, 0.1) is 5.41 Å². The molecule has 1 saturated heterocycles. The molecular weight excluding hydrogens is 303 g/mol. The van der Waals surface area contributed by atoms with Crippen LogP contribution in [0.15, 0.2) is 24.3 Å². The van der Waals surface area contributed by atoms with Crippen LogP contribution in [0.25, 0.3) is 0 Å². The quantitative estimate of drug-likeness (QED) is 0.928. The van der Waals surface area contributed by atoms with Gasteiger partial charge in [-0.1, -0.05) is 18.6 Å². The summed E-state index contributed by atoms with van der Waals surface area (Å²) in [4.78, 5) is 15.1. The van der Waals surface area contributed by atoms with Crippen molar-refractivity contribution >= 4 is 18.3 Å². The maximum Gasteiger partial charge on any atom is 0.233 e. The average Bonchev–Trinajstić information content (AvgIpc) is 2.79. The van der Waals surface area contributed by atoms with Gasteiger partial charge in [0.2, 0.25) is 5.91 Å². The Kier molecular flexibility index (Phi) is 5.13. The highest BCUT2D eigenvalue weighted by molar-refractivity contribution is 5.89. The molecule has 1 saturated carbocycles. The predicted octanol–water partition coefficient (Wildman–Crippen LogP) is 2.86. The van der Waals surface area contributed by atoms with Crippen LogP contribution in [0.4, 0.5) is 4.39 Å². The van der Waals surface area contributed by atoms with Crippen LogP contribution < -0.4 is 5.73 Å². The number of rotatable bonds is 3. The number of hydrogen-bond donors (Lipinski definition) is 1. The second-order valence-corrected chi connectivity index (χ2v) is 6.59. The third kappa shape index (κ3) is 2.74. The van der Waals surface area contributed by atoms with E-state index in [1.165, 1.54) is 12.1 Å². The molecule has 1 heterocycles. The van der Waals surface area contributed by atoms with Crippen LogP contribution >= 0.6 is 12.4 Å². The smallest absolute Gasteiger partial charge is 0.233 e. The number of halogens is 2. The molecule has 1 amide bonds. The molecule has 1 aromatic carbocycles. The van der Waals surface area contributed by atoms with Crippen molar-refractivity contribution in [1.29, 1.82) is 0 Å². The van der Waals surface area contributed by atoms with Crippen molar-refractivity contribution in [3.05, 3.63) is 35.6 Å². The van der Waals surface area contributed by atoms with Gasteiger partial charge in [-0.2, -0.15) is 0 Å². The molecule has 22 heavy (non-hydrogen) atoms. The largest absolute Gasteiger partial charge is 0.339 e. The van der Waals surface area contributed by atoms with Gasteiger partial charge in [0, 0.05) is 12.6 Å². The molecule has 0 spiro atoms. The Bertz CT molecular complexity index is 547. The second-order valence-electron chi connectivity index (χ2n) is 6.59. The molecule has 2 unspecified atom stereocenters. The fourth-order valence-electron chi connectivity index (χ4n) is 3.81. The van der Waals surface area contributed by atoms with Crippen molar-refractivity contribution in [1.82, 2.24) is 4.90 Å². The van der Waals surface area contributed by atoms with Gasteiger partial charge >= 0.3 is 0 Å². The van der Waals surface area contributed by atoms with Crippen molar-refractivity contribution in [2.75, 3.05) is 13.1 Å². The lowest BCUT2D eigenvalue weighted by atomic mass is 9.63. The van der Waals surface area contributed by atoms with E-state index >= 15 is 0 Å². The highest BCUT2D eigenvalue weighted by atomic mass is 35.5. The lowest BCUT2D eigenvalue weighted by molar-refractivity contribution is -0.141. The number of carbonyl (C=O) groups excluding carboxylic acids is 1. The molecule has 2 atom stereocenters. The van der Waals surface area contributed by atoms with Gasteiger partial charge in [0.25, 0.3) is 0 Å². The lowest BCUT2D eigenvalue weighted by Crippen LogP contribution is -2.52. The first kappa shape index (κ1) is 17.2. The van der Waals surface area contributed by atoms with Gasteiger partial charge in [-0.3, -0.25) is 4.79 Å². The molecule has 1 aliphatic heterocycles. The van der Waals surface area contributed by atoms with Crippen LogP contribution in [0.5, 0.6) is 0 Å². The second kappa shape index (κ2) is 6.55. The summed E-state index contributed by atoms with van der Waals surface area (Å²) in [6, 6.07) is 6.79. The van der Waals surface area contributed by atoms with E-state index in [-0.39, 0.29) is 30.2 Å². The van der Waals surface area contributed by atoms with Gasteiger partial charge in [-0.05, 0) is 56.3 Å². The Hall–Kier alpha value is -1.13. The molecule has 1 aromatic rings. The standard InChI is InChI=1S/C17H23FN2O.ClH/c1-12-8-13(10-19)11-20(12)16(21)17(6-3-7-17)14-4-2-5-15(18)9-14;/h2,4-5,9,12-13H,3,6-8,10-11,19H2,1H3;1H. The number of amides is 1. The van der Waals surface area contributed by atoms with Crippen molar-refractivity contribution in [2.24, 2.45) is 11.7 Å².